The number of aryl methyl sites for hydroxylation is 4. The van der Waals surface area contributed by atoms with E-state index in [9.17, 15) is 0 Å². The molecule has 0 aliphatic carbocycles. The molecule has 0 atom stereocenters. The summed E-state index contributed by atoms with van der Waals surface area (Å²) in [4.78, 5) is 0. The predicted molar refractivity (Wildman–Crippen MR) is 232 cm³/mol. The maximum Gasteiger partial charge on any atom is -0.00260 e. The van der Waals surface area contributed by atoms with Gasteiger partial charge in [0.25, 0.3) is 0 Å². The first-order chi connectivity index (χ1) is 25.6. The first-order valence-electron chi connectivity index (χ1n) is 20.5. The number of hydrogen-bond acceptors (Lipinski definition) is 0. The van der Waals surface area contributed by atoms with Crippen LogP contribution in [0, 0.1) is 0 Å². The monoisotopic (exact) mass is 676 g/mol. The number of benzene rings is 8. The minimum Gasteiger partial charge on any atom is -0.0654 e. The summed E-state index contributed by atoms with van der Waals surface area (Å²) in [6, 6.07) is 39.7. The van der Waals surface area contributed by atoms with Crippen molar-refractivity contribution in [1.82, 2.24) is 0 Å². The third-order valence-electron chi connectivity index (χ3n) is 12.3. The second kappa shape index (κ2) is 13.7. The molecule has 0 amide bonds. The zero-order valence-corrected chi connectivity index (χ0v) is 31.7. The lowest BCUT2D eigenvalue weighted by molar-refractivity contribution is 0.798. The van der Waals surface area contributed by atoms with Crippen molar-refractivity contribution in [3.8, 4) is 0 Å². The molecule has 0 saturated heterocycles. The van der Waals surface area contributed by atoms with E-state index in [1.54, 1.807) is 0 Å². The van der Waals surface area contributed by atoms with E-state index >= 15 is 0 Å². The second-order valence-electron chi connectivity index (χ2n) is 15.8. The molecule has 9 rings (SSSR count). The van der Waals surface area contributed by atoms with E-state index in [0.29, 0.717) is 0 Å². The fraction of sp³-hybridized carbons (Fsp3) is 0.308. The molecule has 0 saturated carbocycles. The zero-order valence-electron chi connectivity index (χ0n) is 31.7. The van der Waals surface area contributed by atoms with Crippen molar-refractivity contribution < 1.29 is 0 Å². The van der Waals surface area contributed by atoms with Gasteiger partial charge >= 0.3 is 0 Å². The SMILES string of the molecule is CCCCc1cc2cc(CCCC)c3ccc4cc3c2c2cc(ccc12)c1ccc2c(CCCC)cc3cc(CCCC)c5ccc4cc5c3c2c1. The molecule has 0 N–H and O–H groups in total. The van der Waals surface area contributed by atoms with Crippen LogP contribution in [-0.2, 0) is 25.7 Å². The molecule has 0 aliphatic heterocycles. The van der Waals surface area contributed by atoms with Gasteiger partial charge in [-0.3, -0.25) is 0 Å². The molecular formula is C52H52. The van der Waals surface area contributed by atoms with Gasteiger partial charge in [0.2, 0.25) is 0 Å². The Morgan fingerprint density at radius 1 is 0.269 bits per heavy atom. The molecule has 9 aromatic carbocycles. The molecule has 0 radical (unpaired) electrons. The molecule has 52 heavy (non-hydrogen) atoms. The van der Waals surface area contributed by atoms with Crippen LogP contribution in [-0.4, -0.2) is 0 Å². The van der Waals surface area contributed by atoms with Crippen LogP contribution in [0.3, 0.4) is 0 Å². The first-order valence-corrected chi connectivity index (χ1v) is 20.5. The Bertz CT molecular complexity index is 2400. The van der Waals surface area contributed by atoms with Crippen molar-refractivity contribution in [3.63, 3.8) is 0 Å². The highest BCUT2D eigenvalue weighted by atomic mass is 14.2. The highest BCUT2D eigenvalue weighted by Gasteiger charge is 2.17. The summed E-state index contributed by atoms with van der Waals surface area (Å²) in [5.74, 6) is 0. The standard InChI is InChI=1S/C52H52/c1-5-9-13-37-25-41-26-38(14-10-6-2)44-22-19-35-30-48(44)51(41)47-29-33(17-21-43(37)47)34-18-23-45-39(15-11-7-3)27-42-28-40(16-12-8-4)46-24-20-36(35)32-50(46)52(42)49(45)31-34/h17-32H,5-16H2,1-4H3. The first kappa shape index (κ1) is 33.2. The third kappa shape index (κ3) is 5.49. The van der Waals surface area contributed by atoms with Gasteiger partial charge < -0.3 is 0 Å². The number of fused-ring (bicyclic) bond motifs is 6. The number of hydrogen-bond donors (Lipinski definition) is 0. The number of unbranched alkanes of at least 4 members (excludes halogenated alkanes) is 4. The van der Waals surface area contributed by atoms with E-state index < -0.39 is 0 Å². The van der Waals surface area contributed by atoms with Gasteiger partial charge in [0.05, 0.1) is 0 Å². The maximum absolute atomic E-state index is 2.54. The van der Waals surface area contributed by atoms with Gasteiger partial charge in [-0.25, -0.2) is 0 Å². The van der Waals surface area contributed by atoms with Gasteiger partial charge in [-0.2, -0.15) is 0 Å². The summed E-state index contributed by atoms with van der Waals surface area (Å²) in [6.07, 6.45) is 14.2. The second-order valence-corrected chi connectivity index (χ2v) is 15.8. The van der Waals surface area contributed by atoms with E-state index in [2.05, 4.69) is 125 Å². The van der Waals surface area contributed by atoms with Crippen LogP contribution in [0.1, 0.15) is 101 Å². The van der Waals surface area contributed by atoms with Crippen molar-refractivity contribution in [1.29, 1.82) is 0 Å². The minimum atomic E-state index is 1.12. The molecule has 9 aromatic rings. The van der Waals surface area contributed by atoms with Gasteiger partial charge in [-0.05, 0) is 184 Å². The van der Waals surface area contributed by atoms with Gasteiger partial charge in [-0.1, -0.05) is 126 Å². The summed E-state index contributed by atoms with van der Waals surface area (Å²) < 4.78 is 0. The van der Waals surface area contributed by atoms with E-state index in [4.69, 9.17) is 0 Å². The molecule has 0 aromatic heterocycles. The Morgan fingerprint density at radius 3 is 0.750 bits per heavy atom. The van der Waals surface area contributed by atoms with E-state index in [1.807, 2.05) is 0 Å². The van der Waals surface area contributed by atoms with Crippen LogP contribution in [0.5, 0.6) is 0 Å². The van der Waals surface area contributed by atoms with E-state index in [1.165, 1.54) is 160 Å². The summed E-state index contributed by atoms with van der Waals surface area (Å²) in [7, 11) is 0. The van der Waals surface area contributed by atoms with E-state index in [0.717, 1.165) is 25.7 Å². The smallest absolute Gasteiger partial charge is 0.00260 e. The van der Waals surface area contributed by atoms with E-state index in [-0.39, 0.29) is 0 Å². The average Bonchev–Trinajstić information content (AvgIpc) is 3.18. The van der Waals surface area contributed by atoms with Gasteiger partial charge in [0, 0.05) is 0 Å². The van der Waals surface area contributed by atoms with Crippen molar-refractivity contribution in [2.45, 2.75) is 105 Å². The van der Waals surface area contributed by atoms with Crippen LogP contribution in [0.4, 0.5) is 0 Å². The summed E-state index contributed by atoms with van der Waals surface area (Å²) in [5, 5.41) is 22.2. The normalized spacial score (nSPS) is 12.4. The molecule has 0 heterocycles. The maximum atomic E-state index is 2.54. The van der Waals surface area contributed by atoms with Crippen molar-refractivity contribution in [3.05, 3.63) is 119 Å². The molecule has 0 spiro atoms. The Balaban J connectivity index is 1.51. The summed E-state index contributed by atoms with van der Waals surface area (Å²) in [5.41, 5.74) is 5.97. The summed E-state index contributed by atoms with van der Waals surface area (Å²) >= 11 is 0. The van der Waals surface area contributed by atoms with Gasteiger partial charge in [0.15, 0.2) is 0 Å². The number of rotatable bonds is 12. The van der Waals surface area contributed by atoms with Crippen LogP contribution >= 0.6 is 0 Å². The fourth-order valence-corrected chi connectivity index (χ4v) is 9.48. The van der Waals surface area contributed by atoms with Crippen molar-refractivity contribution in [2.24, 2.45) is 0 Å². The quantitative estimate of drug-likeness (QED) is 0.113. The van der Waals surface area contributed by atoms with Crippen LogP contribution < -0.4 is 0 Å². The molecule has 8 bridgehead atoms. The van der Waals surface area contributed by atoms with Crippen LogP contribution in [0.15, 0.2) is 97.1 Å². The Labute approximate surface area is 309 Å². The molecule has 260 valence electrons. The average molecular weight is 677 g/mol. The fourth-order valence-electron chi connectivity index (χ4n) is 9.48. The molecule has 0 heteroatoms. The van der Waals surface area contributed by atoms with Gasteiger partial charge in [-0.15, -0.1) is 0 Å². The zero-order chi connectivity index (χ0) is 35.3. The molecule has 0 nitrogen and oxygen atoms in total. The Kier molecular flexibility index (Phi) is 8.74. The highest BCUT2D eigenvalue weighted by Crippen LogP contribution is 2.42. The molecule has 0 unspecified atom stereocenters. The molecule has 0 fully saturated rings. The third-order valence-corrected chi connectivity index (χ3v) is 12.3. The van der Waals surface area contributed by atoms with Crippen LogP contribution in [0.25, 0.3) is 86.2 Å². The topological polar surface area (TPSA) is 0 Å². The van der Waals surface area contributed by atoms with Gasteiger partial charge in [0.1, 0.15) is 0 Å². The van der Waals surface area contributed by atoms with Crippen molar-refractivity contribution >= 4 is 86.2 Å². The summed E-state index contributed by atoms with van der Waals surface area (Å²) in [6.45, 7) is 9.26. The largest absolute Gasteiger partial charge is 0.0654 e. The Hall–Kier alpha value is -4.68. The van der Waals surface area contributed by atoms with Crippen molar-refractivity contribution in [2.75, 3.05) is 0 Å². The van der Waals surface area contributed by atoms with Crippen LogP contribution in [0.2, 0.25) is 0 Å². The minimum absolute atomic E-state index is 1.12. The Morgan fingerprint density at radius 2 is 0.519 bits per heavy atom. The molecular weight excluding hydrogens is 625 g/mol. The lowest BCUT2D eigenvalue weighted by atomic mass is 9.86. The highest BCUT2D eigenvalue weighted by molar-refractivity contribution is 6.26. The lowest BCUT2D eigenvalue weighted by Gasteiger charge is -2.18. The predicted octanol–water partition coefficient (Wildman–Crippen LogP) is 15.7. The molecule has 0 aliphatic rings. The lowest BCUT2D eigenvalue weighted by Crippen LogP contribution is -1.95.